The van der Waals surface area contributed by atoms with Crippen molar-refractivity contribution in [2.75, 3.05) is 6.54 Å². The van der Waals surface area contributed by atoms with Gasteiger partial charge in [0.05, 0.1) is 6.54 Å². The lowest BCUT2D eigenvalue weighted by Crippen LogP contribution is -2.34. The highest BCUT2D eigenvalue weighted by Gasteiger charge is 2.39. The summed E-state index contributed by atoms with van der Waals surface area (Å²) in [5.74, 6) is 1.10. The van der Waals surface area contributed by atoms with E-state index in [1.165, 1.54) is 11.1 Å². The van der Waals surface area contributed by atoms with Gasteiger partial charge in [-0.1, -0.05) is 36.4 Å². The van der Waals surface area contributed by atoms with Gasteiger partial charge in [0.2, 0.25) is 0 Å². The van der Waals surface area contributed by atoms with Gasteiger partial charge in [-0.15, -0.1) is 24.0 Å². The first-order valence-electron chi connectivity index (χ1n) is 6.34. The van der Waals surface area contributed by atoms with Gasteiger partial charge in [-0.05, 0) is 31.4 Å². The molecule has 0 amide bonds. The fourth-order valence-electron chi connectivity index (χ4n) is 2.16. The van der Waals surface area contributed by atoms with Crippen LogP contribution in [0.4, 0.5) is 0 Å². The van der Waals surface area contributed by atoms with Crippen molar-refractivity contribution in [2.45, 2.75) is 32.2 Å². The van der Waals surface area contributed by atoms with Crippen LogP contribution in [0.1, 0.15) is 30.4 Å². The van der Waals surface area contributed by atoms with Crippen LogP contribution in [-0.4, -0.2) is 18.5 Å². The van der Waals surface area contributed by atoms with Gasteiger partial charge >= 0.3 is 0 Å². The maximum Gasteiger partial charge on any atom is 0.189 e. The maximum atomic E-state index is 5.84. The van der Waals surface area contributed by atoms with E-state index in [1.807, 2.05) is 6.92 Å². The Morgan fingerprint density at radius 3 is 2.79 bits per heavy atom. The summed E-state index contributed by atoms with van der Waals surface area (Å²) >= 11 is 0. The number of halogens is 1. The second kappa shape index (κ2) is 6.93. The van der Waals surface area contributed by atoms with Crippen molar-refractivity contribution < 1.29 is 0 Å². The minimum absolute atomic E-state index is 0. The summed E-state index contributed by atoms with van der Waals surface area (Å²) in [7, 11) is 0. The molecule has 0 bridgehead atoms. The van der Waals surface area contributed by atoms with Crippen LogP contribution < -0.4 is 11.1 Å². The number of nitrogens with zero attached hydrogens (tertiary/aromatic N) is 1. The Kier molecular flexibility index (Phi) is 5.85. The van der Waals surface area contributed by atoms with Crippen molar-refractivity contribution in [1.82, 2.24) is 5.32 Å². The molecule has 2 atom stereocenters. The molecule has 3 nitrogen and oxygen atoms in total. The van der Waals surface area contributed by atoms with E-state index in [0.717, 1.165) is 12.0 Å². The van der Waals surface area contributed by atoms with Gasteiger partial charge in [0, 0.05) is 12.0 Å². The van der Waals surface area contributed by atoms with Gasteiger partial charge in [0.25, 0.3) is 0 Å². The van der Waals surface area contributed by atoms with Crippen molar-refractivity contribution >= 4 is 29.9 Å². The Bertz CT molecular complexity index is 482. The molecule has 104 valence electrons. The molecule has 0 saturated heterocycles. The number of aryl methyl sites for hydroxylation is 1. The molecule has 0 heterocycles. The first-order valence-corrected chi connectivity index (χ1v) is 6.34. The lowest BCUT2D eigenvalue weighted by molar-refractivity contribution is 0.849. The van der Waals surface area contributed by atoms with E-state index in [2.05, 4.69) is 48.1 Å². The number of hydrogen-bond donors (Lipinski definition) is 2. The quantitative estimate of drug-likeness (QED) is 0.370. The summed E-state index contributed by atoms with van der Waals surface area (Å²) in [6.07, 6.45) is 1.13. The summed E-state index contributed by atoms with van der Waals surface area (Å²) in [5.41, 5.74) is 9.63. The molecule has 1 aromatic carbocycles. The number of benzene rings is 1. The van der Waals surface area contributed by atoms with Gasteiger partial charge < -0.3 is 11.1 Å². The zero-order valence-electron chi connectivity index (χ0n) is 11.5. The second-order valence-corrected chi connectivity index (χ2v) is 5.11. The van der Waals surface area contributed by atoms with E-state index in [0.29, 0.717) is 24.5 Å². The topological polar surface area (TPSA) is 50.4 Å². The first-order chi connectivity index (χ1) is 8.58. The number of rotatable bonds is 4. The SMILES string of the molecule is C=C(C)CN=C(N)NC1CC1c1ccccc1C.I. The molecule has 0 spiro atoms. The summed E-state index contributed by atoms with van der Waals surface area (Å²) in [6, 6.07) is 8.95. The van der Waals surface area contributed by atoms with E-state index >= 15 is 0 Å². The van der Waals surface area contributed by atoms with Gasteiger partial charge in [-0.2, -0.15) is 0 Å². The van der Waals surface area contributed by atoms with E-state index in [4.69, 9.17) is 5.73 Å². The molecule has 2 unspecified atom stereocenters. The zero-order valence-corrected chi connectivity index (χ0v) is 13.8. The van der Waals surface area contributed by atoms with Crippen LogP contribution in [0.15, 0.2) is 41.4 Å². The molecule has 2 rings (SSSR count). The predicted octanol–water partition coefficient (Wildman–Crippen LogP) is 2.95. The third kappa shape index (κ3) is 4.53. The fraction of sp³-hybridized carbons (Fsp3) is 0.400. The van der Waals surface area contributed by atoms with Crippen molar-refractivity contribution in [2.24, 2.45) is 10.7 Å². The first kappa shape index (κ1) is 16.0. The smallest absolute Gasteiger partial charge is 0.189 e. The zero-order chi connectivity index (χ0) is 13.1. The average molecular weight is 371 g/mol. The third-order valence-electron chi connectivity index (χ3n) is 3.23. The van der Waals surface area contributed by atoms with Gasteiger partial charge in [0.1, 0.15) is 0 Å². The van der Waals surface area contributed by atoms with Crippen LogP contribution in [0.3, 0.4) is 0 Å². The van der Waals surface area contributed by atoms with Gasteiger partial charge in [-0.3, -0.25) is 0 Å². The Morgan fingerprint density at radius 1 is 1.47 bits per heavy atom. The van der Waals surface area contributed by atoms with E-state index < -0.39 is 0 Å². The molecule has 0 aromatic heterocycles. The Morgan fingerprint density at radius 2 is 2.16 bits per heavy atom. The summed E-state index contributed by atoms with van der Waals surface area (Å²) in [5, 5.41) is 3.27. The van der Waals surface area contributed by atoms with E-state index in [-0.39, 0.29) is 24.0 Å². The average Bonchev–Trinajstić information content (AvgIpc) is 3.06. The summed E-state index contributed by atoms with van der Waals surface area (Å²) in [4.78, 5) is 4.24. The summed E-state index contributed by atoms with van der Waals surface area (Å²) in [6.45, 7) is 8.51. The third-order valence-corrected chi connectivity index (χ3v) is 3.23. The molecule has 1 aromatic rings. The maximum absolute atomic E-state index is 5.84. The van der Waals surface area contributed by atoms with Crippen LogP contribution in [0.5, 0.6) is 0 Å². The number of nitrogens with two attached hydrogens (primary N) is 1. The lowest BCUT2D eigenvalue weighted by atomic mass is 10.0. The number of nitrogens with one attached hydrogen (secondary N) is 1. The highest BCUT2D eigenvalue weighted by Crippen LogP contribution is 2.41. The molecular weight excluding hydrogens is 349 g/mol. The minimum Gasteiger partial charge on any atom is -0.370 e. The lowest BCUT2D eigenvalue weighted by Gasteiger charge is -2.07. The second-order valence-electron chi connectivity index (χ2n) is 5.11. The standard InChI is InChI=1S/C15H21N3.HI/c1-10(2)9-17-15(16)18-14-8-13(14)12-7-5-4-6-11(12)3;/h4-7,13-14H,1,8-9H2,2-3H3,(H3,16,17,18);1H. The highest BCUT2D eigenvalue weighted by atomic mass is 127. The number of aliphatic imine (C=N–C) groups is 1. The molecule has 1 saturated carbocycles. The van der Waals surface area contributed by atoms with Crippen molar-refractivity contribution in [3.05, 3.63) is 47.5 Å². The monoisotopic (exact) mass is 371 g/mol. The van der Waals surface area contributed by atoms with Gasteiger partial charge in [0.15, 0.2) is 5.96 Å². The Labute approximate surface area is 132 Å². The van der Waals surface area contributed by atoms with E-state index in [9.17, 15) is 0 Å². The molecule has 0 radical (unpaired) electrons. The molecule has 3 N–H and O–H groups in total. The van der Waals surface area contributed by atoms with Crippen LogP contribution >= 0.6 is 24.0 Å². The summed E-state index contributed by atoms with van der Waals surface area (Å²) < 4.78 is 0. The number of guanidine groups is 1. The molecule has 1 aliphatic carbocycles. The molecule has 0 aliphatic heterocycles. The molecule has 19 heavy (non-hydrogen) atoms. The van der Waals surface area contributed by atoms with Crippen LogP contribution in [0, 0.1) is 6.92 Å². The van der Waals surface area contributed by atoms with Crippen molar-refractivity contribution in [3.8, 4) is 0 Å². The van der Waals surface area contributed by atoms with Gasteiger partial charge in [-0.25, -0.2) is 4.99 Å². The Balaban J connectivity index is 0.00000180. The van der Waals surface area contributed by atoms with Crippen LogP contribution in [-0.2, 0) is 0 Å². The normalized spacial score (nSPS) is 21.5. The molecular formula is C15H22IN3. The predicted molar refractivity (Wildman–Crippen MR) is 92.2 cm³/mol. The minimum atomic E-state index is 0. The molecule has 1 fully saturated rings. The van der Waals surface area contributed by atoms with Crippen LogP contribution in [0.25, 0.3) is 0 Å². The van der Waals surface area contributed by atoms with Crippen molar-refractivity contribution in [1.29, 1.82) is 0 Å². The highest BCUT2D eigenvalue weighted by molar-refractivity contribution is 14.0. The largest absolute Gasteiger partial charge is 0.370 e. The molecule has 4 heteroatoms. The van der Waals surface area contributed by atoms with Crippen LogP contribution in [0.2, 0.25) is 0 Å². The molecule has 1 aliphatic rings. The fourth-order valence-corrected chi connectivity index (χ4v) is 2.16. The Hall–Kier alpha value is -1.04. The van der Waals surface area contributed by atoms with E-state index in [1.54, 1.807) is 0 Å². The number of hydrogen-bond acceptors (Lipinski definition) is 1. The van der Waals surface area contributed by atoms with Crippen molar-refractivity contribution in [3.63, 3.8) is 0 Å².